The Kier molecular flexibility index (Phi) is 4.51. The minimum absolute atomic E-state index is 0.141. The summed E-state index contributed by atoms with van der Waals surface area (Å²) in [5.41, 5.74) is 0.802. The highest BCUT2D eigenvalue weighted by atomic mass is 79.9. The number of carbonyl (C=O) groups excluding carboxylic acids is 1. The lowest BCUT2D eigenvalue weighted by Crippen LogP contribution is -2.28. The molecule has 0 saturated carbocycles. The van der Waals surface area contributed by atoms with Crippen molar-refractivity contribution in [2.24, 2.45) is 0 Å². The molecule has 7 heteroatoms. The number of H-pyrrole nitrogens is 1. The van der Waals surface area contributed by atoms with Crippen molar-refractivity contribution in [3.63, 3.8) is 0 Å². The standard InChI is InChI=1S/C12H11BrFN3O2/c13-10-3-8(14)1-2-11(10)19-6-12(18)16-5-9-4-15-7-17-9/h1-4,7H,5-6H2,(H,15,17)(H,16,18). The molecule has 1 heterocycles. The quantitative estimate of drug-likeness (QED) is 0.882. The maximum atomic E-state index is 12.8. The molecule has 1 aromatic carbocycles. The molecule has 0 aliphatic carbocycles. The number of benzene rings is 1. The second kappa shape index (κ2) is 6.33. The average molecular weight is 328 g/mol. The molecule has 2 aromatic rings. The monoisotopic (exact) mass is 327 g/mol. The van der Waals surface area contributed by atoms with Crippen LogP contribution < -0.4 is 10.1 Å². The Balaban J connectivity index is 1.80. The van der Waals surface area contributed by atoms with Gasteiger partial charge < -0.3 is 15.0 Å². The van der Waals surface area contributed by atoms with E-state index in [0.29, 0.717) is 16.8 Å². The van der Waals surface area contributed by atoms with E-state index in [-0.39, 0.29) is 18.3 Å². The molecular weight excluding hydrogens is 317 g/mol. The maximum absolute atomic E-state index is 12.8. The number of amides is 1. The summed E-state index contributed by atoms with van der Waals surface area (Å²) in [7, 11) is 0. The van der Waals surface area contributed by atoms with Gasteiger partial charge in [-0.05, 0) is 34.1 Å². The SMILES string of the molecule is O=C(COc1ccc(F)cc1Br)NCc1cnc[nH]1. The van der Waals surface area contributed by atoms with Gasteiger partial charge in [0, 0.05) is 6.20 Å². The molecule has 0 atom stereocenters. The van der Waals surface area contributed by atoms with Gasteiger partial charge in [-0.3, -0.25) is 4.79 Å². The first kappa shape index (κ1) is 13.5. The third-order valence-electron chi connectivity index (χ3n) is 2.28. The molecule has 0 bridgehead atoms. The van der Waals surface area contributed by atoms with Gasteiger partial charge in [0.25, 0.3) is 5.91 Å². The van der Waals surface area contributed by atoms with Gasteiger partial charge in [0.15, 0.2) is 6.61 Å². The first-order valence-corrected chi connectivity index (χ1v) is 6.26. The van der Waals surface area contributed by atoms with Crippen LogP contribution in [0, 0.1) is 5.82 Å². The van der Waals surface area contributed by atoms with Crippen molar-refractivity contribution < 1.29 is 13.9 Å². The van der Waals surface area contributed by atoms with Crippen molar-refractivity contribution in [2.75, 3.05) is 6.61 Å². The van der Waals surface area contributed by atoms with Gasteiger partial charge in [-0.15, -0.1) is 0 Å². The maximum Gasteiger partial charge on any atom is 0.258 e. The molecule has 19 heavy (non-hydrogen) atoms. The Morgan fingerprint density at radius 3 is 3.05 bits per heavy atom. The van der Waals surface area contributed by atoms with Crippen LogP contribution in [0.2, 0.25) is 0 Å². The smallest absolute Gasteiger partial charge is 0.258 e. The Hall–Kier alpha value is -1.89. The number of halogens is 2. The molecule has 2 N–H and O–H groups in total. The van der Waals surface area contributed by atoms with Crippen LogP contribution in [-0.2, 0) is 11.3 Å². The van der Waals surface area contributed by atoms with Gasteiger partial charge in [-0.1, -0.05) is 0 Å². The van der Waals surface area contributed by atoms with E-state index in [0.717, 1.165) is 5.69 Å². The number of nitrogens with zero attached hydrogens (tertiary/aromatic N) is 1. The summed E-state index contributed by atoms with van der Waals surface area (Å²) in [6, 6.07) is 4.00. The van der Waals surface area contributed by atoms with Crippen molar-refractivity contribution in [1.29, 1.82) is 0 Å². The zero-order valence-corrected chi connectivity index (χ0v) is 11.4. The number of ether oxygens (including phenoxy) is 1. The van der Waals surface area contributed by atoms with Gasteiger partial charge >= 0.3 is 0 Å². The van der Waals surface area contributed by atoms with Gasteiger partial charge in [0.1, 0.15) is 11.6 Å². The van der Waals surface area contributed by atoms with Crippen molar-refractivity contribution in [1.82, 2.24) is 15.3 Å². The molecule has 100 valence electrons. The van der Waals surface area contributed by atoms with Gasteiger partial charge in [0.2, 0.25) is 0 Å². The largest absolute Gasteiger partial charge is 0.483 e. The topological polar surface area (TPSA) is 67.0 Å². The Labute approximate surface area is 117 Å². The fraction of sp³-hybridized carbons (Fsp3) is 0.167. The number of carbonyl (C=O) groups is 1. The normalized spacial score (nSPS) is 10.2. The second-order valence-corrected chi connectivity index (χ2v) is 4.57. The number of hydrogen-bond acceptors (Lipinski definition) is 3. The zero-order valence-electron chi connectivity index (χ0n) is 9.82. The Morgan fingerprint density at radius 1 is 1.53 bits per heavy atom. The predicted octanol–water partition coefficient (Wildman–Crippen LogP) is 2.01. The van der Waals surface area contributed by atoms with Gasteiger partial charge in [-0.25, -0.2) is 9.37 Å². The minimum Gasteiger partial charge on any atom is -0.483 e. The zero-order chi connectivity index (χ0) is 13.7. The van der Waals surface area contributed by atoms with Crippen LogP contribution in [0.1, 0.15) is 5.69 Å². The molecule has 0 unspecified atom stereocenters. The lowest BCUT2D eigenvalue weighted by molar-refractivity contribution is -0.123. The molecule has 0 saturated heterocycles. The van der Waals surface area contributed by atoms with E-state index in [1.54, 1.807) is 6.20 Å². The molecule has 0 aliphatic heterocycles. The van der Waals surface area contributed by atoms with Crippen LogP contribution in [0.5, 0.6) is 5.75 Å². The van der Waals surface area contributed by atoms with E-state index >= 15 is 0 Å². The molecule has 0 radical (unpaired) electrons. The second-order valence-electron chi connectivity index (χ2n) is 3.72. The summed E-state index contributed by atoms with van der Waals surface area (Å²) in [5, 5.41) is 2.66. The van der Waals surface area contributed by atoms with E-state index < -0.39 is 0 Å². The molecule has 2 rings (SSSR count). The summed E-state index contributed by atoms with van der Waals surface area (Å²) < 4.78 is 18.6. The number of rotatable bonds is 5. The van der Waals surface area contributed by atoms with E-state index in [9.17, 15) is 9.18 Å². The molecule has 0 spiro atoms. The average Bonchev–Trinajstić information content (AvgIpc) is 2.88. The number of nitrogens with one attached hydrogen (secondary N) is 2. The molecule has 0 fully saturated rings. The molecule has 1 amide bonds. The number of hydrogen-bond donors (Lipinski definition) is 2. The van der Waals surface area contributed by atoms with E-state index in [2.05, 4.69) is 31.2 Å². The summed E-state index contributed by atoms with van der Waals surface area (Å²) in [6.45, 7) is 0.213. The summed E-state index contributed by atoms with van der Waals surface area (Å²) in [5.74, 6) is -0.230. The minimum atomic E-state index is -0.372. The predicted molar refractivity (Wildman–Crippen MR) is 70.0 cm³/mol. The summed E-state index contributed by atoms with van der Waals surface area (Å²) in [4.78, 5) is 18.2. The van der Waals surface area contributed by atoms with E-state index in [1.807, 2.05) is 0 Å². The highest BCUT2D eigenvalue weighted by Gasteiger charge is 2.06. The Morgan fingerprint density at radius 2 is 2.37 bits per heavy atom. The summed E-state index contributed by atoms with van der Waals surface area (Å²) >= 11 is 3.16. The molecule has 5 nitrogen and oxygen atoms in total. The van der Waals surface area contributed by atoms with Crippen molar-refractivity contribution in [3.8, 4) is 5.75 Å². The first-order valence-electron chi connectivity index (χ1n) is 5.47. The highest BCUT2D eigenvalue weighted by molar-refractivity contribution is 9.10. The van der Waals surface area contributed by atoms with Crippen LogP contribution in [0.25, 0.3) is 0 Å². The third-order valence-corrected chi connectivity index (χ3v) is 2.90. The van der Waals surface area contributed by atoms with E-state index in [4.69, 9.17) is 4.74 Å². The summed E-state index contributed by atoms with van der Waals surface area (Å²) in [6.07, 6.45) is 3.16. The number of aromatic nitrogens is 2. The third kappa shape index (κ3) is 4.06. The van der Waals surface area contributed by atoms with Crippen molar-refractivity contribution in [3.05, 3.63) is 46.7 Å². The lowest BCUT2D eigenvalue weighted by Gasteiger charge is -2.08. The van der Waals surface area contributed by atoms with Crippen LogP contribution >= 0.6 is 15.9 Å². The van der Waals surface area contributed by atoms with E-state index in [1.165, 1.54) is 24.5 Å². The fourth-order valence-corrected chi connectivity index (χ4v) is 1.83. The molecular formula is C12H11BrFN3O2. The van der Waals surface area contributed by atoms with Crippen LogP contribution in [0.3, 0.4) is 0 Å². The molecule has 1 aromatic heterocycles. The van der Waals surface area contributed by atoms with Crippen molar-refractivity contribution >= 4 is 21.8 Å². The lowest BCUT2D eigenvalue weighted by atomic mass is 10.3. The van der Waals surface area contributed by atoms with Gasteiger partial charge in [-0.2, -0.15) is 0 Å². The number of aromatic amines is 1. The highest BCUT2D eigenvalue weighted by Crippen LogP contribution is 2.25. The number of imidazole rings is 1. The first-order chi connectivity index (χ1) is 9.15. The fourth-order valence-electron chi connectivity index (χ4n) is 1.36. The van der Waals surface area contributed by atoms with Gasteiger partial charge in [0.05, 0.1) is 23.0 Å². The molecule has 0 aliphatic rings. The Bertz CT molecular complexity index is 560. The van der Waals surface area contributed by atoms with Crippen LogP contribution in [0.4, 0.5) is 4.39 Å². The van der Waals surface area contributed by atoms with Crippen LogP contribution in [0.15, 0.2) is 35.2 Å². The van der Waals surface area contributed by atoms with Crippen LogP contribution in [-0.4, -0.2) is 22.5 Å². The van der Waals surface area contributed by atoms with Crippen molar-refractivity contribution in [2.45, 2.75) is 6.54 Å².